The maximum atomic E-state index is 5.70. The van der Waals surface area contributed by atoms with Gasteiger partial charge in [0.15, 0.2) is 0 Å². The molecule has 0 heterocycles. The van der Waals surface area contributed by atoms with Gasteiger partial charge in [0.05, 0.1) is 0 Å². The molecule has 0 saturated carbocycles. The summed E-state index contributed by atoms with van der Waals surface area (Å²) < 4.78 is 0. The minimum absolute atomic E-state index is 0.836. The van der Waals surface area contributed by atoms with Crippen molar-refractivity contribution in [3.8, 4) is 0 Å². The van der Waals surface area contributed by atoms with E-state index in [2.05, 4.69) is 36.4 Å². The van der Waals surface area contributed by atoms with E-state index in [4.69, 9.17) is 5.73 Å². The Bertz CT molecular complexity index is 556. The number of nitrogens with two attached hydrogens (primary N) is 1. The first-order valence-electron chi connectivity index (χ1n) is 7.75. The lowest BCUT2D eigenvalue weighted by molar-refractivity contribution is 0.514. The van der Waals surface area contributed by atoms with Gasteiger partial charge in [-0.05, 0) is 60.4 Å². The standard InChI is InChI=1S/C19H23N/c20-18-12-10-15(11-13-18)6-2-1-3-7-16-14-17-8-4-5-9-19(16)17/h4-5,8-13,16H,1-3,6-7,14,20H2. The van der Waals surface area contributed by atoms with Gasteiger partial charge in [0.25, 0.3) is 0 Å². The fraction of sp³-hybridized carbons (Fsp3) is 0.368. The highest BCUT2D eigenvalue weighted by atomic mass is 14.5. The molecule has 0 amide bonds. The zero-order valence-electron chi connectivity index (χ0n) is 12.0. The third kappa shape index (κ3) is 3.04. The Morgan fingerprint density at radius 1 is 0.900 bits per heavy atom. The molecule has 1 atom stereocenters. The summed E-state index contributed by atoms with van der Waals surface area (Å²) in [6, 6.07) is 17.2. The van der Waals surface area contributed by atoms with E-state index in [9.17, 15) is 0 Å². The number of benzene rings is 2. The summed E-state index contributed by atoms with van der Waals surface area (Å²) >= 11 is 0. The van der Waals surface area contributed by atoms with Gasteiger partial charge >= 0.3 is 0 Å². The fourth-order valence-electron chi connectivity index (χ4n) is 3.20. The summed E-state index contributed by atoms with van der Waals surface area (Å²) in [6.45, 7) is 0. The molecule has 0 aliphatic heterocycles. The molecule has 2 N–H and O–H groups in total. The molecule has 104 valence electrons. The van der Waals surface area contributed by atoms with Gasteiger partial charge in [-0.25, -0.2) is 0 Å². The van der Waals surface area contributed by atoms with E-state index in [-0.39, 0.29) is 0 Å². The van der Waals surface area contributed by atoms with E-state index >= 15 is 0 Å². The lowest BCUT2D eigenvalue weighted by atomic mass is 9.75. The number of hydrogen-bond acceptors (Lipinski definition) is 1. The van der Waals surface area contributed by atoms with Crippen molar-refractivity contribution in [3.05, 3.63) is 65.2 Å². The Hall–Kier alpha value is -1.76. The average Bonchev–Trinajstić information content (AvgIpc) is 2.45. The van der Waals surface area contributed by atoms with Crippen LogP contribution in [0.5, 0.6) is 0 Å². The van der Waals surface area contributed by atoms with E-state index in [1.807, 2.05) is 12.1 Å². The van der Waals surface area contributed by atoms with Crippen molar-refractivity contribution in [1.29, 1.82) is 0 Å². The van der Waals surface area contributed by atoms with Crippen LogP contribution in [-0.2, 0) is 12.8 Å². The summed E-state index contributed by atoms with van der Waals surface area (Å²) in [5, 5.41) is 0. The van der Waals surface area contributed by atoms with Crippen LogP contribution in [0.25, 0.3) is 0 Å². The third-order valence-corrected chi connectivity index (χ3v) is 4.46. The normalized spacial score (nSPS) is 16.5. The smallest absolute Gasteiger partial charge is 0.0314 e. The second-order valence-electron chi connectivity index (χ2n) is 5.94. The minimum Gasteiger partial charge on any atom is -0.399 e. The monoisotopic (exact) mass is 265 g/mol. The molecule has 0 spiro atoms. The first-order valence-corrected chi connectivity index (χ1v) is 7.75. The number of anilines is 1. The molecule has 0 bridgehead atoms. The molecule has 1 aliphatic carbocycles. The molecular formula is C19H23N. The highest BCUT2D eigenvalue weighted by molar-refractivity contribution is 5.40. The molecule has 3 rings (SSSR count). The van der Waals surface area contributed by atoms with Gasteiger partial charge in [0.1, 0.15) is 0 Å². The summed E-state index contributed by atoms with van der Waals surface area (Å²) in [5.74, 6) is 0.836. The van der Waals surface area contributed by atoms with Gasteiger partial charge in [-0.2, -0.15) is 0 Å². The number of nitrogen functional groups attached to an aromatic ring is 1. The minimum atomic E-state index is 0.836. The van der Waals surface area contributed by atoms with Crippen LogP contribution in [0.2, 0.25) is 0 Å². The molecule has 1 unspecified atom stereocenters. The van der Waals surface area contributed by atoms with Crippen molar-refractivity contribution in [1.82, 2.24) is 0 Å². The molecular weight excluding hydrogens is 242 g/mol. The third-order valence-electron chi connectivity index (χ3n) is 4.46. The van der Waals surface area contributed by atoms with Gasteiger partial charge in [-0.3, -0.25) is 0 Å². The molecule has 2 aromatic carbocycles. The van der Waals surface area contributed by atoms with E-state index in [1.165, 1.54) is 44.1 Å². The van der Waals surface area contributed by atoms with Crippen molar-refractivity contribution in [2.24, 2.45) is 0 Å². The largest absolute Gasteiger partial charge is 0.399 e. The van der Waals surface area contributed by atoms with Crippen LogP contribution in [-0.4, -0.2) is 0 Å². The van der Waals surface area contributed by atoms with Crippen molar-refractivity contribution in [2.45, 2.75) is 44.4 Å². The van der Waals surface area contributed by atoms with Crippen molar-refractivity contribution in [2.75, 3.05) is 5.73 Å². The molecule has 0 saturated heterocycles. The van der Waals surface area contributed by atoms with Crippen molar-refractivity contribution < 1.29 is 0 Å². The maximum Gasteiger partial charge on any atom is 0.0314 e. The first-order chi connectivity index (χ1) is 9.83. The van der Waals surface area contributed by atoms with Gasteiger partial charge in [-0.1, -0.05) is 49.2 Å². The van der Waals surface area contributed by atoms with Gasteiger partial charge < -0.3 is 5.73 Å². The van der Waals surface area contributed by atoms with Crippen LogP contribution in [0.4, 0.5) is 5.69 Å². The zero-order valence-corrected chi connectivity index (χ0v) is 12.0. The Kier molecular flexibility index (Phi) is 4.05. The molecule has 1 nitrogen and oxygen atoms in total. The topological polar surface area (TPSA) is 26.0 Å². The molecule has 0 aromatic heterocycles. The SMILES string of the molecule is Nc1ccc(CCCCCC2Cc3ccccc32)cc1. The molecule has 20 heavy (non-hydrogen) atoms. The lowest BCUT2D eigenvalue weighted by Gasteiger charge is -2.30. The fourth-order valence-corrected chi connectivity index (χ4v) is 3.20. The molecule has 1 heteroatoms. The molecule has 0 radical (unpaired) electrons. The number of hydrogen-bond donors (Lipinski definition) is 1. The van der Waals surface area contributed by atoms with Crippen LogP contribution < -0.4 is 5.73 Å². The number of fused-ring (bicyclic) bond motifs is 1. The summed E-state index contributed by atoms with van der Waals surface area (Å²) in [7, 11) is 0. The Labute approximate surface area is 121 Å². The van der Waals surface area contributed by atoms with Gasteiger partial charge in [0, 0.05) is 5.69 Å². The zero-order chi connectivity index (χ0) is 13.8. The Morgan fingerprint density at radius 3 is 2.50 bits per heavy atom. The Balaban J connectivity index is 1.35. The van der Waals surface area contributed by atoms with E-state index in [0.717, 1.165) is 11.6 Å². The highest BCUT2D eigenvalue weighted by Crippen LogP contribution is 2.38. The predicted molar refractivity (Wildman–Crippen MR) is 85.9 cm³/mol. The van der Waals surface area contributed by atoms with E-state index in [1.54, 1.807) is 11.1 Å². The summed E-state index contributed by atoms with van der Waals surface area (Å²) in [5.41, 5.74) is 11.1. The average molecular weight is 265 g/mol. The highest BCUT2D eigenvalue weighted by Gasteiger charge is 2.24. The predicted octanol–water partition coefficient (Wildman–Crippen LogP) is 4.71. The van der Waals surface area contributed by atoms with Crippen LogP contribution >= 0.6 is 0 Å². The summed E-state index contributed by atoms with van der Waals surface area (Å²) in [4.78, 5) is 0. The maximum absolute atomic E-state index is 5.70. The first kappa shape index (κ1) is 13.2. The van der Waals surface area contributed by atoms with Gasteiger partial charge in [0.2, 0.25) is 0 Å². The van der Waals surface area contributed by atoms with Crippen LogP contribution in [0.15, 0.2) is 48.5 Å². The van der Waals surface area contributed by atoms with Crippen molar-refractivity contribution in [3.63, 3.8) is 0 Å². The second-order valence-corrected chi connectivity index (χ2v) is 5.94. The number of aryl methyl sites for hydroxylation is 1. The lowest BCUT2D eigenvalue weighted by Crippen LogP contribution is -2.16. The molecule has 0 fully saturated rings. The van der Waals surface area contributed by atoms with Gasteiger partial charge in [-0.15, -0.1) is 0 Å². The van der Waals surface area contributed by atoms with Crippen LogP contribution in [0.1, 0.15) is 48.3 Å². The summed E-state index contributed by atoms with van der Waals surface area (Å²) in [6.07, 6.45) is 7.82. The van der Waals surface area contributed by atoms with E-state index < -0.39 is 0 Å². The van der Waals surface area contributed by atoms with Crippen molar-refractivity contribution >= 4 is 5.69 Å². The van der Waals surface area contributed by atoms with Crippen LogP contribution in [0.3, 0.4) is 0 Å². The quantitative estimate of drug-likeness (QED) is 0.594. The second kappa shape index (κ2) is 6.13. The molecule has 1 aliphatic rings. The molecule has 2 aromatic rings. The Morgan fingerprint density at radius 2 is 1.70 bits per heavy atom. The number of unbranched alkanes of at least 4 members (excludes halogenated alkanes) is 2. The van der Waals surface area contributed by atoms with E-state index in [0.29, 0.717) is 0 Å². The number of rotatable bonds is 6. The van der Waals surface area contributed by atoms with Crippen LogP contribution in [0, 0.1) is 0 Å².